The summed E-state index contributed by atoms with van der Waals surface area (Å²) < 4.78 is 14.1. The second-order valence-corrected chi connectivity index (χ2v) is 7.02. The molecule has 26 heavy (non-hydrogen) atoms. The lowest BCUT2D eigenvalue weighted by atomic mass is 10.1. The van der Waals surface area contributed by atoms with E-state index in [-0.39, 0.29) is 12.4 Å². The number of rotatable bonds is 7. The third-order valence-electron chi connectivity index (χ3n) is 3.98. The third-order valence-corrected chi connectivity index (χ3v) is 4.33. The van der Waals surface area contributed by atoms with Gasteiger partial charge < -0.3 is 5.32 Å². The fourth-order valence-electron chi connectivity index (χ4n) is 2.70. The summed E-state index contributed by atoms with van der Waals surface area (Å²) in [5, 5.41) is 12.9. The van der Waals surface area contributed by atoms with Gasteiger partial charge in [0, 0.05) is 22.7 Å². The molecule has 6 heteroatoms. The molecule has 0 aliphatic carbocycles. The molecule has 0 spiro atoms. The Bertz CT molecular complexity index is 841. The second kappa shape index (κ2) is 8.43. The molecule has 0 amide bonds. The Morgan fingerprint density at radius 1 is 1.08 bits per heavy atom. The summed E-state index contributed by atoms with van der Waals surface area (Å²) in [6.07, 6.45) is 0. The van der Waals surface area contributed by atoms with Crippen LogP contribution in [0.5, 0.6) is 0 Å². The lowest BCUT2D eigenvalue weighted by molar-refractivity contribution is 0.528. The molecule has 3 rings (SSSR count). The van der Waals surface area contributed by atoms with E-state index in [2.05, 4.69) is 29.4 Å². The lowest BCUT2D eigenvalue weighted by Crippen LogP contribution is -2.19. The summed E-state index contributed by atoms with van der Waals surface area (Å²) in [6, 6.07) is 14.5. The molecule has 0 saturated carbocycles. The summed E-state index contributed by atoms with van der Waals surface area (Å²) in [5.41, 5.74) is 3.02. The van der Waals surface area contributed by atoms with Crippen molar-refractivity contribution >= 4 is 11.6 Å². The van der Waals surface area contributed by atoms with Gasteiger partial charge in [-0.15, -0.1) is 0 Å². The Morgan fingerprint density at radius 2 is 1.85 bits per heavy atom. The normalized spacial score (nSPS) is 11.3. The van der Waals surface area contributed by atoms with Gasteiger partial charge in [0.1, 0.15) is 17.2 Å². The number of aromatic nitrogens is 3. The van der Waals surface area contributed by atoms with Gasteiger partial charge in [0.15, 0.2) is 0 Å². The maximum atomic E-state index is 14.1. The Kier molecular flexibility index (Phi) is 6.01. The minimum absolute atomic E-state index is 0.190. The zero-order chi connectivity index (χ0) is 18.5. The van der Waals surface area contributed by atoms with Crippen LogP contribution in [0.2, 0.25) is 5.02 Å². The zero-order valence-electron chi connectivity index (χ0n) is 14.9. The van der Waals surface area contributed by atoms with Gasteiger partial charge >= 0.3 is 0 Å². The van der Waals surface area contributed by atoms with Crippen LogP contribution in [-0.2, 0) is 13.1 Å². The topological polar surface area (TPSA) is 42.7 Å². The van der Waals surface area contributed by atoms with Gasteiger partial charge in [0.05, 0.1) is 6.54 Å². The Morgan fingerprint density at radius 3 is 2.54 bits per heavy atom. The summed E-state index contributed by atoms with van der Waals surface area (Å²) >= 11 is 6.14. The van der Waals surface area contributed by atoms with Gasteiger partial charge in [-0.25, -0.2) is 4.39 Å². The van der Waals surface area contributed by atoms with Crippen molar-refractivity contribution in [2.75, 3.05) is 6.54 Å². The lowest BCUT2D eigenvalue weighted by Gasteiger charge is -2.06. The number of benzene rings is 2. The third kappa shape index (κ3) is 4.48. The van der Waals surface area contributed by atoms with Crippen molar-refractivity contribution in [1.82, 2.24) is 20.3 Å². The molecule has 1 heterocycles. The van der Waals surface area contributed by atoms with E-state index in [0.717, 1.165) is 23.5 Å². The van der Waals surface area contributed by atoms with Crippen molar-refractivity contribution in [3.05, 3.63) is 70.6 Å². The highest BCUT2D eigenvalue weighted by Gasteiger charge is 2.15. The van der Waals surface area contributed by atoms with Crippen molar-refractivity contribution < 1.29 is 4.39 Å². The zero-order valence-corrected chi connectivity index (χ0v) is 15.7. The van der Waals surface area contributed by atoms with Gasteiger partial charge in [0.25, 0.3) is 0 Å². The molecule has 0 bridgehead atoms. The summed E-state index contributed by atoms with van der Waals surface area (Å²) in [7, 11) is 0. The first-order valence-corrected chi connectivity index (χ1v) is 9.05. The monoisotopic (exact) mass is 372 g/mol. The van der Waals surface area contributed by atoms with Crippen molar-refractivity contribution in [3.8, 4) is 11.3 Å². The Labute approximate surface area is 158 Å². The molecule has 0 aliphatic heterocycles. The molecule has 136 valence electrons. The molecule has 1 N–H and O–H groups in total. The molecule has 0 radical (unpaired) electrons. The van der Waals surface area contributed by atoms with Crippen molar-refractivity contribution in [2.45, 2.75) is 26.9 Å². The average molecular weight is 373 g/mol. The minimum atomic E-state index is -0.351. The standard InChI is InChI=1S/C20H22ClFN4/c1-14(2)11-23-12-19-20(15-7-4-3-5-8-15)25-26(24-19)13-16-17(21)9-6-10-18(16)22/h3-10,14,23H,11-13H2,1-2H3. The molecular formula is C20H22ClFN4. The maximum Gasteiger partial charge on any atom is 0.129 e. The van der Waals surface area contributed by atoms with E-state index in [1.54, 1.807) is 12.1 Å². The van der Waals surface area contributed by atoms with E-state index in [4.69, 9.17) is 11.6 Å². The van der Waals surface area contributed by atoms with Gasteiger partial charge in [0.2, 0.25) is 0 Å². The van der Waals surface area contributed by atoms with Crippen molar-refractivity contribution in [3.63, 3.8) is 0 Å². The number of hydrogen-bond donors (Lipinski definition) is 1. The largest absolute Gasteiger partial charge is 0.311 e. The molecular weight excluding hydrogens is 351 g/mol. The Balaban J connectivity index is 1.90. The summed E-state index contributed by atoms with van der Waals surface area (Å²) in [4.78, 5) is 1.51. The SMILES string of the molecule is CC(C)CNCc1nn(Cc2c(F)cccc2Cl)nc1-c1ccccc1. The highest BCUT2D eigenvalue weighted by Crippen LogP contribution is 2.23. The van der Waals surface area contributed by atoms with Crippen LogP contribution in [0, 0.1) is 11.7 Å². The smallest absolute Gasteiger partial charge is 0.129 e. The van der Waals surface area contributed by atoms with E-state index < -0.39 is 0 Å². The van der Waals surface area contributed by atoms with Crippen LogP contribution in [0.25, 0.3) is 11.3 Å². The molecule has 0 fully saturated rings. The average Bonchev–Trinajstić information content (AvgIpc) is 3.02. The van der Waals surface area contributed by atoms with Gasteiger partial charge in [-0.3, -0.25) is 0 Å². The van der Waals surface area contributed by atoms with Crippen LogP contribution in [0.4, 0.5) is 4.39 Å². The van der Waals surface area contributed by atoms with Gasteiger partial charge in [-0.1, -0.05) is 61.8 Å². The van der Waals surface area contributed by atoms with Gasteiger partial charge in [-0.05, 0) is 24.6 Å². The highest BCUT2D eigenvalue weighted by atomic mass is 35.5. The highest BCUT2D eigenvalue weighted by molar-refractivity contribution is 6.31. The molecule has 0 unspecified atom stereocenters. The van der Waals surface area contributed by atoms with Crippen LogP contribution in [0.15, 0.2) is 48.5 Å². The Hall–Kier alpha value is -2.24. The summed E-state index contributed by atoms with van der Waals surface area (Å²) in [6.45, 7) is 5.99. The van der Waals surface area contributed by atoms with E-state index in [1.807, 2.05) is 30.3 Å². The second-order valence-electron chi connectivity index (χ2n) is 6.62. The maximum absolute atomic E-state index is 14.1. The molecule has 0 atom stereocenters. The van der Waals surface area contributed by atoms with E-state index in [0.29, 0.717) is 23.0 Å². The molecule has 3 aromatic rings. The quantitative estimate of drug-likeness (QED) is 0.662. The van der Waals surface area contributed by atoms with Crippen LogP contribution in [0.3, 0.4) is 0 Å². The first-order valence-electron chi connectivity index (χ1n) is 8.67. The van der Waals surface area contributed by atoms with Gasteiger partial charge in [-0.2, -0.15) is 15.0 Å². The number of nitrogens with zero attached hydrogens (tertiary/aromatic N) is 3. The molecule has 0 aliphatic rings. The predicted octanol–water partition coefficient (Wildman–Crippen LogP) is 4.53. The molecule has 0 saturated heterocycles. The van der Waals surface area contributed by atoms with Crippen LogP contribution < -0.4 is 5.32 Å². The van der Waals surface area contributed by atoms with E-state index in [9.17, 15) is 4.39 Å². The summed E-state index contributed by atoms with van der Waals surface area (Å²) in [5.74, 6) is 0.193. The van der Waals surface area contributed by atoms with Crippen molar-refractivity contribution in [1.29, 1.82) is 0 Å². The predicted molar refractivity (Wildman–Crippen MR) is 103 cm³/mol. The number of halogens is 2. The first kappa shape index (κ1) is 18.5. The molecule has 1 aromatic heterocycles. The van der Waals surface area contributed by atoms with Crippen LogP contribution >= 0.6 is 11.6 Å². The number of nitrogens with one attached hydrogen (secondary N) is 1. The number of hydrogen-bond acceptors (Lipinski definition) is 3. The van der Waals surface area contributed by atoms with Crippen molar-refractivity contribution in [2.24, 2.45) is 5.92 Å². The minimum Gasteiger partial charge on any atom is -0.311 e. The van der Waals surface area contributed by atoms with Crippen LogP contribution in [0.1, 0.15) is 25.1 Å². The first-order chi connectivity index (χ1) is 12.5. The molecule has 4 nitrogen and oxygen atoms in total. The molecule has 2 aromatic carbocycles. The van der Waals surface area contributed by atoms with E-state index >= 15 is 0 Å². The fraction of sp³-hybridized carbons (Fsp3) is 0.300. The van der Waals surface area contributed by atoms with E-state index in [1.165, 1.54) is 10.9 Å². The van der Waals surface area contributed by atoms with Crippen LogP contribution in [-0.4, -0.2) is 21.5 Å². The fourth-order valence-corrected chi connectivity index (χ4v) is 2.92.